The van der Waals surface area contributed by atoms with Crippen LogP contribution < -0.4 is 4.74 Å². The lowest BCUT2D eigenvalue weighted by molar-refractivity contribution is 0.414. The molecular formula is C21H16O2S. The van der Waals surface area contributed by atoms with E-state index in [0.717, 1.165) is 32.3 Å². The van der Waals surface area contributed by atoms with Gasteiger partial charge in [0.1, 0.15) is 11.3 Å². The molecule has 3 aromatic carbocycles. The van der Waals surface area contributed by atoms with Crippen molar-refractivity contribution in [3.63, 3.8) is 0 Å². The average molecular weight is 332 g/mol. The maximum Gasteiger partial charge on any atom is 0.174 e. The molecule has 0 N–H and O–H groups in total. The van der Waals surface area contributed by atoms with E-state index >= 15 is 0 Å². The number of hydrogen-bond acceptors (Lipinski definition) is 3. The molecule has 0 amide bonds. The van der Waals surface area contributed by atoms with Crippen molar-refractivity contribution in [2.24, 2.45) is 0 Å². The first-order valence-corrected chi connectivity index (χ1v) is 8.55. The van der Waals surface area contributed by atoms with Gasteiger partial charge in [-0.25, -0.2) is 0 Å². The van der Waals surface area contributed by atoms with Crippen LogP contribution in [0.25, 0.3) is 22.1 Å². The summed E-state index contributed by atoms with van der Waals surface area (Å²) >= 11 is 1.63. The van der Waals surface area contributed by atoms with Gasteiger partial charge in [-0.3, -0.25) is 0 Å². The molecule has 24 heavy (non-hydrogen) atoms. The van der Waals surface area contributed by atoms with E-state index in [4.69, 9.17) is 9.15 Å². The van der Waals surface area contributed by atoms with Crippen LogP contribution in [0.2, 0.25) is 0 Å². The molecule has 0 bridgehead atoms. The van der Waals surface area contributed by atoms with Crippen molar-refractivity contribution in [2.45, 2.75) is 9.99 Å². The number of para-hydroxylation sites is 1. The smallest absolute Gasteiger partial charge is 0.174 e. The fraction of sp³-hybridized carbons (Fsp3) is 0.0476. The molecule has 2 nitrogen and oxygen atoms in total. The Labute approximate surface area is 145 Å². The van der Waals surface area contributed by atoms with E-state index < -0.39 is 0 Å². The molecule has 118 valence electrons. The highest BCUT2D eigenvalue weighted by molar-refractivity contribution is 7.99. The molecule has 0 saturated heterocycles. The van der Waals surface area contributed by atoms with Crippen molar-refractivity contribution in [2.75, 3.05) is 7.11 Å². The van der Waals surface area contributed by atoms with Crippen molar-refractivity contribution in [1.29, 1.82) is 0 Å². The fourth-order valence-corrected chi connectivity index (χ4v) is 3.67. The zero-order valence-electron chi connectivity index (χ0n) is 13.2. The van der Waals surface area contributed by atoms with Gasteiger partial charge in [-0.05, 0) is 35.9 Å². The Bertz CT molecular complexity index is 956. The molecular weight excluding hydrogens is 316 g/mol. The number of benzene rings is 3. The second kappa shape index (κ2) is 6.46. The van der Waals surface area contributed by atoms with Crippen LogP contribution in [0.5, 0.6) is 5.75 Å². The molecule has 4 rings (SSSR count). The number of ether oxygens (including phenoxy) is 1. The zero-order valence-corrected chi connectivity index (χ0v) is 14.0. The summed E-state index contributed by atoms with van der Waals surface area (Å²) in [5.41, 5.74) is 3.22. The van der Waals surface area contributed by atoms with Crippen molar-refractivity contribution < 1.29 is 9.15 Å². The van der Waals surface area contributed by atoms with Crippen molar-refractivity contribution >= 4 is 22.7 Å². The van der Waals surface area contributed by atoms with Gasteiger partial charge in [-0.15, -0.1) is 0 Å². The normalized spacial score (nSPS) is 10.9. The predicted molar refractivity (Wildman–Crippen MR) is 98.8 cm³/mol. The summed E-state index contributed by atoms with van der Waals surface area (Å²) in [6, 6.07) is 26.6. The van der Waals surface area contributed by atoms with Gasteiger partial charge in [0.05, 0.1) is 7.11 Å². The minimum atomic E-state index is 0.854. The Kier molecular flexibility index (Phi) is 4.01. The molecule has 4 aromatic rings. The van der Waals surface area contributed by atoms with Crippen LogP contribution in [0.3, 0.4) is 0 Å². The quantitative estimate of drug-likeness (QED) is 0.440. The topological polar surface area (TPSA) is 22.4 Å². The van der Waals surface area contributed by atoms with Gasteiger partial charge in [0, 0.05) is 15.8 Å². The Morgan fingerprint density at radius 2 is 1.50 bits per heavy atom. The van der Waals surface area contributed by atoms with Crippen LogP contribution in [0.15, 0.2) is 93.3 Å². The minimum Gasteiger partial charge on any atom is -0.497 e. The van der Waals surface area contributed by atoms with Crippen LogP contribution in [0, 0.1) is 0 Å². The Morgan fingerprint density at radius 1 is 0.792 bits per heavy atom. The Balaban J connectivity index is 1.82. The first-order valence-electron chi connectivity index (χ1n) is 7.74. The molecule has 0 fully saturated rings. The Hall–Kier alpha value is -2.65. The van der Waals surface area contributed by atoms with E-state index in [1.165, 1.54) is 5.56 Å². The third-order valence-electron chi connectivity index (χ3n) is 3.90. The third-order valence-corrected chi connectivity index (χ3v) is 4.88. The van der Waals surface area contributed by atoms with E-state index in [2.05, 4.69) is 30.3 Å². The lowest BCUT2D eigenvalue weighted by Gasteiger charge is -2.04. The van der Waals surface area contributed by atoms with Crippen LogP contribution in [0.1, 0.15) is 0 Å². The van der Waals surface area contributed by atoms with Crippen molar-refractivity contribution in [1.82, 2.24) is 0 Å². The summed E-state index contributed by atoms with van der Waals surface area (Å²) in [5.74, 6) is 0.854. The lowest BCUT2D eigenvalue weighted by atomic mass is 10.1. The largest absolute Gasteiger partial charge is 0.497 e. The second-order valence-electron chi connectivity index (χ2n) is 5.40. The second-order valence-corrected chi connectivity index (χ2v) is 6.45. The summed E-state index contributed by atoms with van der Waals surface area (Å²) in [4.78, 5) is 1.12. The molecule has 0 saturated carbocycles. The zero-order chi connectivity index (χ0) is 16.4. The highest BCUT2D eigenvalue weighted by Gasteiger charge is 2.16. The molecule has 1 aromatic heterocycles. The van der Waals surface area contributed by atoms with Gasteiger partial charge in [-0.2, -0.15) is 0 Å². The summed E-state index contributed by atoms with van der Waals surface area (Å²) in [7, 11) is 1.68. The van der Waals surface area contributed by atoms with E-state index in [-0.39, 0.29) is 0 Å². The Morgan fingerprint density at radius 3 is 2.25 bits per heavy atom. The van der Waals surface area contributed by atoms with E-state index in [9.17, 15) is 0 Å². The number of hydrogen-bond donors (Lipinski definition) is 0. The van der Waals surface area contributed by atoms with Gasteiger partial charge in [0.25, 0.3) is 0 Å². The number of furan rings is 1. The molecule has 0 atom stereocenters. The van der Waals surface area contributed by atoms with Gasteiger partial charge in [-0.1, -0.05) is 60.3 Å². The maximum atomic E-state index is 6.15. The molecule has 0 aliphatic heterocycles. The third kappa shape index (κ3) is 2.79. The molecule has 0 aliphatic carbocycles. The molecule has 3 heteroatoms. The van der Waals surface area contributed by atoms with Crippen LogP contribution in [0.4, 0.5) is 0 Å². The lowest BCUT2D eigenvalue weighted by Crippen LogP contribution is -1.82. The number of fused-ring (bicyclic) bond motifs is 1. The highest BCUT2D eigenvalue weighted by atomic mass is 32.2. The first-order chi connectivity index (χ1) is 11.8. The highest BCUT2D eigenvalue weighted by Crippen LogP contribution is 2.43. The van der Waals surface area contributed by atoms with E-state index in [0.29, 0.717) is 0 Å². The standard InChI is InChI=1S/C21H16O2S/c1-22-16-11-13-17(14-12-16)24-21-20(15-7-3-2-4-8-15)18-9-5-6-10-19(18)23-21/h2-14H,1H3. The minimum absolute atomic E-state index is 0.854. The van der Waals surface area contributed by atoms with Crippen LogP contribution >= 0.6 is 11.8 Å². The van der Waals surface area contributed by atoms with E-state index in [1.807, 2.05) is 48.5 Å². The number of rotatable bonds is 4. The summed E-state index contributed by atoms with van der Waals surface area (Å²) < 4.78 is 11.4. The maximum absolute atomic E-state index is 6.15. The van der Waals surface area contributed by atoms with Gasteiger partial charge in [0.15, 0.2) is 5.09 Å². The molecule has 0 radical (unpaired) electrons. The van der Waals surface area contributed by atoms with Crippen molar-refractivity contribution in [3.05, 3.63) is 78.9 Å². The number of methoxy groups -OCH3 is 1. The predicted octanol–water partition coefficient (Wildman–Crippen LogP) is 6.26. The monoisotopic (exact) mass is 332 g/mol. The molecule has 0 spiro atoms. The first kappa shape index (κ1) is 14.9. The molecule has 1 heterocycles. The summed E-state index contributed by atoms with van der Waals surface area (Å²) in [5, 5.41) is 2.05. The molecule has 0 aliphatic rings. The van der Waals surface area contributed by atoms with Gasteiger partial charge >= 0.3 is 0 Å². The van der Waals surface area contributed by atoms with Gasteiger partial charge < -0.3 is 9.15 Å². The summed E-state index contributed by atoms with van der Waals surface area (Å²) in [6.45, 7) is 0. The SMILES string of the molecule is COc1ccc(Sc2oc3ccccc3c2-c2ccccc2)cc1. The van der Waals surface area contributed by atoms with E-state index in [1.54, 1.807) is 18.9 Å². The van der Waals surface area contributed by atoms with Crippen LogP contribution in [-0.4, -0.2) is 7.11 Å². The average Bonchev–Trinajstić information content (AvgIpc) is 3.01. The summed E-state index contributed by atoms with van der Waals surface area (Å²) in [6.07, 6.45) is 0. The molecule has 0 unspecified atom stereocenters. The van der Waals surface area contributed by atoms with Gasteiger partial charge in [0.2, 0.25) is 0 Å². The van der Waals surface area contributed by atoms with Crippen LogP contribution in [-0.2, 0) is 0 Å². The fourth-order valence-electron chi connectivity index (χ4n) is 2.72. The van der Waals surface area contributed by atoms with Crippen molar-refractivity contribution in [3.8, 4) is 16.9 Å².